The lowest BCUT2D eigenvalue weighted by Gasteiger charge is -2.15. The van der Waals surface area contributed by atoms with Crippen molar-refractivity contribution < 1.29 is 9.53 Å². The molecule has 0 amide bonds. The fourth-order valence-electron chi connectivity index (χ4n) is 1.24. The van der Waals surface area contributed by atoms with E-state index in [4.69, 9.17) is 4.74 Å². The monoisotopic (exact) mass is 278 g/mol. The van der Waals surface area contributed by atoms with E-state index >= 15 is 0 Å². The first-order chi connectivity index (χ1) is 8.24. The molecule has 0 aliphatic heterocycles. The van der Waals surface area contributed by atoms with Crippen LogP contribution in [0.4, 0.5) is 0 Å². The Morgan fingerprint density at radius 2 is 1.59 bits per heavy atom. The van der Waals surface area contributed by atoms with E-state index in [0.29, 0.717) is 17.6 Å². The molecule has 0 rings (SSSR count). The number of unbranched alkanes of at least 4 members (excludes halogenated alkanes) is 2. The predicted octanol–water partition coefficient (Wildman–Crippen LogP) is 4.33. The van der Waals surface area contributed by atoms with Gasteiger partial charge in [0.25, 0.3) is 0 Å². The van der Waals surface area contributed by atoms with E-state index in [-0.39, 0.29) is 5.97 Å². The van der Waals surface area contributed by atoms with Crippen molar-refractivity contribution in [1.29, 1.82) is 0 Å². The lowest BCUT2D eigenvalue weighted by atomic mass is 10.4. The van der Waals surface area contributed by atoms with Crippen molar-refractivity contribution in [2.75, 3.05) is 18.1 Å². The van der Waals surface area contributed by atoms with E-state index in [1.54, 1.807) is 0 Å². The highest BCUT2D eigenvalue weighted by molar-refractivity contribution is 8.17. The SMILES string of the molecule is CCCCSC(CC(=O)OCC)SCCCC. The number of hydrogen-bond acceptors (Lipinski definition) is 4. The number of ether oxygens (including phenoxy) is 1. The summed E-state index contributed by atoms with van der Waals surface area (Å²) in [4.78, 5) is 11.5. The molecule has 0 aliphatic rings. The Morgan fingerprint density at radius 3 is 2.00 bits per heavy atom. The largest absolute Gasteiger partial charge is 0.466 e. The van der Waals surface area contributed by atoms with Gasteiger partial charge >= 0.3 is 5.97 Å². The third-order valence-electron chi connectivity index (χ3n) is 2.24. The van der Waals surface area contributed by atoms with Gasteiger partial charge in [0.15, 0.2) is 0 Å². The second-order valence-electron chi connectivity index (χ2n) is 3.89. The normalized spacial score (nSPS) is 10.8. The maximum absolute atomic E-state index is 11.5. The standard InChI is InChI=1S/C13H26O2S2/c1-4-7-9-16-13(17-10-8-5-2)11-12(14)15-6-3/h13H,4-11H2,1-3H3. The van der Waals surface area contributed by atoms with Crippen LogP contribution in [0.25, 0.3) is 0 Å². The smallest absolute Gasteiger partial charge is 0.307 e. The van der Waals surface area contributed by atoms with Gasteiger partial charge in [-0.25, -0.2) is 0 Å². The first kappa shape index (κ1) is 17.2. The molecule has 0 bridgehead atoms. The van der Waals surface area contributed by atoms with Crippen LogP contribution in [0.15, 0.2) is 0 Å². The van der Waals surface area contributed by atoms with E-state index < -0.39 is 0 Å². The van der Waals surface area contributed by atoms with Gasteiger partial charge in [0, 0.05) is 0 Å². The minimum Gasteiger partial charge on any atom is -0.466 e. The van der Waals surface area contributed by atoms with E-state index in [2.05, 4.69) is 13.8 Å². The van der Waals surface area contributed by atoms with Crippen LogP contribution >= 0.6 is 23.5 Å². The summed E-state index contributed by atoms with van der Waals surface area (Å²) in [6.45, 7) is 6.75. The molecule has 0 N–H and O–H groups in total. The quantitative estimate of drug-likeness (QED) is 0.319. The Bertz CT molecular complexity index is 176. The average molecular weight is 278 g/mol. The number of esters is 1. The molecule has 0 aliphatic carbocycles. The molecule has 0 aromatic carbocycles. The van der Waals surface area contributed by atoms with Crippen LogP contribution in [0.2, 0.25) is 0 Å². The molecule has 0 aromatic heterocycles. The average Bonchev–Trinajstić information content (AvgIpc) is 2.29. The van der Waals surface area contributed by atoms with Crippen molar-refractivity contribution in [1.82, 2.24) is 0 Å². The second kappa shape index (κ2) is 12.6. The zero-order valence-corrected chi connectivity index (χ0v) is 13.0. The molecule has 4 heteroatoms. The highest BCUT2D eigenvalue weighted by atomic mass is 32.2. The van der Waals surface area contributed by atoms with E-state index in [1.165, 1.54) is 25.7 Å². The van der Waals surface area contributed by atoms with Crippen LogP contribution < -0.4 is 0 Å². The van der Waals surface area contributed by atoms with Crippen molar-refractivity contribution in [2.45, 2.75) is 57.5 Å². The number of carbonyl (C=O) groups is 1. The van der Waals surface area contributed by atoms with Gasteiger partial charge in [-0.1, -0.05) is 26.7 Å². The van der Waals surface area contributed by atoms with Crippen LogP contribution in [0, 0.1) is 0 Å². The van der Waals surface area contributed by atoms with Crippen molar-refractivity contribution >= 4 is 29.5 Å². The van der Waals surface area contributed by atoms with Gasteiger partial charge in [-0.3, -0.25) is 4.79 Å². The summed E-state index contributed by atoms with van der Waals surface area (Å²) in [5.41, 5.74) is 0. The lowest BCUT2D eigenvalue weighted by molar-refractivity contribution is -0.142. The Kier molecular flexibility index (Phi) is 12.7. The number of hydrogen-bond donors (Lipinski definition) is 0. The van der Waals surface area contributed by atoms with Gasteiger partial charge in [0.05, 0.1) is 17.6 Å². The first-order valence-corrected chi connectivity index (χ1v) is 8.73. The fraction of sp³-hybridized carbons (Fsp3) is 0.923. The van der Waals surface area contributed by atoms with Crippen LogP contribution in [0.1, 0.15) is 52.9 Å². The molecule has 0 saturated heterocycles. The maximum Gasteiger partial charge on any atom is 0.307 e. The van der Waals surface area contributed by atoms with Crippen LogP contribution in [-0.4, -0.2) is 28.7 Å². The summed E-state index contributed by atoms with van der Waals surface area (Å²) in [7, 11) is 0. The number of carbonyl (C=O) groups excluding carboxylic acids is 1. The predicted molar refractivity (Wildman–Crippen MR) is 79.8 cm³/mol. The molecule has 17 heavy (non-hydrogen) atoms. The molecule has 0 fully saturated rings. The topological polar surface area (TPSA) is 26.3 Å². The Hall–Kier alpha value is 0.170. The van der Waals surface area contributed by atoms with Crippen LogP contribution in [-0.2, 0) is 9.53 Å². The van der Waals surface area contributed by atoms with Gasteiger partial charge in [0.1, 0.15) is 0 Å². The first-order valence-electron chi connectivity index (χ1n) is 6.63. The molecule has 0 atom stereocenters. The van der Waals surface area contributed by atoms with Gasteiger partial charge in [-0.15, -0.1) is 23.5 Å². The molecule has 102 valence electrons. The number of thioether (sulfide) groups is 2. The molecule has 0 unspecified atom stereocenters. The summed E-state index contributed by atoms with van der Waals surface area (Å²) < 4.78 is 5.40. The second-order valence-corrected chi connectivity index (χ2v) is 6.81. The molecular weight excluding hydrogens is 252 g/mol. The third kappa shape index (κ3) is 11.0. The van der Waals surface area contributed by atoms with Gasteiger partial charge in [0.2, 0.25) is 0 Å². The third-order valence-corrected chi connectivity index (χ3v) is 5.18. The number of rotatable bonds is 11. The van der Waals surface area contributed by atoms with Gasteiger partial charge in [-0.05, 0) is 31.3 Å². The Labute approximate surface area is 115 Å². The summed E-state index contributed by atoms with van der Waals surface area (Å²) in [6.07, 6.45) is 5.46. The molecule has 0 heterocycles. The van der Waals surface area contributed by atoms with Crippen molar-refractivity contribution in [3.8, 4) is 0 Å². The van der Waals surface area contributed by atoms with E-state index in [0.717, 1.165) is 11.5 Å². The van der Waals surface area contributed by atoms with Gasteiger partial charge < -0.3 is 4.74 Å². The molecular formula is C13H26O2S2. The Morgan fingerprint density at radius 1 is 1.06 bits per heavy atom. The van der Waals surface area contributed by atoms with Crippen molar-refractivity contribution in [2.24, 2.45) is 0 Å². The lowest BCUT2D eigenvalue weighted by Crippen LogP contribution is -2.12. The minimum absolute atomic E-state index is 0.0505. The summed E-state index contributed by atoms with van der Waals surface area (Å²) in [6, 6.07) is 0. The Balaban J connectivity index is 3.86. The van der Waals surface area contributed by atoms with Crippen molar-refractivity contribution in [3.05, 3.63) is 0 Å². The van der Waals surface area contributed by atoms with Crippen LogP contribution in [0.5, 0.6) is 0 Å². The van der Waals surface area contributed by atoms with Gasteiger partial charge in [-0.2, -0.15) is 0 Å². The maximum atomic E-state index is 11.5. The molecule has 0 saturated carbocycles. The summed E-state index contributed by atoms with van der Waals surface area (Å²) in [5.74, 6) is 2.25. The fourth-order valence-corrected chi connectivity index (χ4v) is 4.15. The minimum atomic E-state index is -0.0505. The van der Waals surface area contributed by atoms with Crippen LogP contribution in [0.3, 0.4) is 0 Å². The molecule has 0 radical (unpaired) electrons. The highest BCUT2D eigenvalue weighted by Gasteiger charge is 2.15. The van der Waals surface area contributed by atoms with E-state index in [1.807, 2.05) is 30.4 Å². The molecule has 2 nitrogen and oxygen atoms in total. The summed E-state index contributed by atoms with van der Waals surface area (Å²) in [5, 5.41) is 0. The zero-order valence-electron chi connectivity index (χ0n) is 11.4. The summed E-state index contributed by atoms with van der Waals surface area (Å²) >= 11 is 3.83. The van der Waals surface area contributed by atoms with E-state index in [9.17, 15) is 4.79 Å². The molecule has 0 aromatic rings. The zero-order chi connectivity index (χ0) is 12.9. The van der Waals surface area contributed by atoms with Crippen molar-refractivity contribution in [3.63, 3.8) is 0 Å². The molecule has 0 spiro atoms. The highest BCUT2D eigenvalue weighted by Crippen LogP contribution is 2.28.